The fraction of sp³-hybridized carbons (Fsp3) is 0.467. The van der Waals surface area contributed by atoms with Crippen molar-refractivity contribution >= 4 is 28.9 Å². The van der Waals surface area contributed by atoms with Crippen LogP contribution in [-0.2, 0) is 8.98 Å². The predicted molar refractivity (Wildman–Crippen MR) is 86.9 cm³/mol. The van der Waals surface area contributed by atoms with Crippen molar-refractivity contribution in [3.05, 3.63) is 23.3 Å². The first kappa shape index (κ1) is 17.4. The van der Waals surface area contributed by atoms with Gasteiger partial charge in [0.05, 0.1) is 18.2 Å². The van der Waals surface area contributed by atoms with Crippen molar-refractivity contribution in [1.29, 1.82) is 0 Å². The number of hydrogen-bond acceptors (Lipinski definition) is 5. The molecule has 1 rings (SSSR count). The zero-order chi connectivity index (χ0) is 16.2. The van der Waals surface area contributed by atoms with E-state index in [2.05, 4.69) is 4.99 Å². The molecule has 21 heavy (non-hydrogen) atoms. The lowest BCUT2D eigenvalue weighted by Crippen LogP contribution is -2.22. The second-order valence-electron chi connectivity index (χ2n) is 5.76. The molecule has 6 heteroatoms. The number of nitrogens with two attached hydrogens (primary N) is 1. The van der Waals surface area contributed by atoms with Crippen molar-refractivity contribution in [1.82, 2.24) is 0 Å². The summed E-state index contributed by atoms with van der Waals surface area (Å²) in [7, 11) is 1.62. The maximum absolute atomic E-state index is 11.7. The molecule has 0 aliphatic heterocycles. The van der Waals surface area contributed by atoms with Gasteiger partial charge in [0.15, 0.2) is 5.17 Å². The highest BCUT2D eigenvalue weighted by Gasteiger charge is 2.24. The average molecular weight is 310 g/mol. The van der Waals surface area contributed by atoms with Gasteiger partial charge in [0, 0.05) is 0 Å². The summed E-state index contributed by atoms with van der Waals surface area (Å²) in [5, 5.41) is 0.184. The van der Waals surface area contributed by atoms with Gasteiger partial charge in [-0.05, 0) is 57.9 Å². The lowest BCUT2D eigenvalue weighted by molar-refractivity contribution is -0.141. The van der Waals surface area contributed by atoms with Crippen molar-refractivity contribution < 1.29 is 13.7 Å². The molecule has 0 aliphatic carbocycles. The third kappa shape index (κ3) is 4.97. The molecule has 0 radical (unpaired) electrons. The first-order valence-corrected chi connectivity index (χ1v) is 7.27. The highest BCUT2D eigenvalue weighted by molar-refractivity contribution is 8.10. The number of benzene rings is 1. The minimum atomic E-state index is -0.570. The number of carbonyl (C=O) groups excluding carboxylic acids is 1. The number of methoxy groups -OCH3 is 1. The van der Waals surface area contributed by atoms with E-state index < -0.39 is 5.41 Å². The molecule has 0 spiro atoms. The lowest BCUT2D eigenvalue weighted by Gasteiger charge is -2.15. The summed E-state index contributed by atoms with van der Waals surface area (Å²) < 4.78 is 10.3. The van der Waals surface area contributed by atoms with Crippen LogP contribution in [0.2, 0.25) is 0 Å². The Balaban J connectivity index is 2.86. The van der Waals surface area contributed by atoms with E-state index in [0.717, 1.165) is 34.6 Å². The quantitative estimate of drug-likeness (QED) is 0.514. The molecule has 1 aromatic carbocycles. The first-order chi connectivity index (χ1) is 9.65. The molecule has 1 aromatic rings. The van der Waals surface area contributed by atoms with Gasteiger partial charge in [-0.3, -0.25) is 4.79 Å². The topological polar surface area (TPSA) is 73.9 Å². The van der Waals surface area contributed by atoms with Gasteiger partial charge in [-0.2, -0.15) is 0 Å². The van der Waals surface area contributed by atoms with Crippen molar-refractivity contribution in [2.45, 2.75) is 34.6 Å². The van der Waals surface area contributed by atoms with Gasteiger partial charge in [0.2, 0.25) is 0 Å². The Labute approximate surface area is 130 Å². The summed E-state index contributed by atoms with van der Waals surface area (Å²) in [4.78, 5) is 16.0. The van der Waals surface area contributed by atoms with Gasteiger partial charge in [-0.1, -0.05) is 0 Å². The van der Waals surface area contributed by atoms with E-state index in [1.165, 1.54) is 0 Å². The van der Waals surface area contributed by atoms with Gasteiger partial charge >= 0.3 is 5.97 Å². The standard InChI is InChI=1S/C15H22N2O3S/c1-9-7-11(19-6)8-10(2)12(9)17-14(16)21-20-13(18)15(3,4)5/h7-8H,1-6H3,(H2,16,17). The zero-order valence-electron chi connectivity index (χ0n) is 13.3. The Bertz CT molecular complexity index is 540. The molecular weight excluding hydrogens is 288 g/mol. The van der Waals surface area contributed by atoms with Gasteiger partial charge in [0.1, 0.15) is 17.8 Å². The van der Waals surface area contributed by atoms with E-state index in [1.807, 2.05) is 26.0 Å². The second-order valence-corrected chi connectivity index (χ2v) is 6.52. The zero-order valence-corrected chi connectivity index (χ0v) is 14.1. The SMILES string of the molecule is COc1cc(C)c(N=C(N)SOC(=O)C(C)(C)C)c(C)c1. The van der Waals surface area contributed by atoms with Gasteiger partial charge in [-0.25, -0.2) is 4.99 Å². The van der Waals surface area contributed by atoms with Crippen LogP contribution in [0.3, 0.4) is 0 Å². The van der Waals surface area contributed by atoms with Crippen LogP contribution >= 0.6 is 12.0 Å². The predicted octanol–water partition coefficient (Wildman–Crippen LogP) is 3.50. The van der Waals surface area contributed by atoms with E-state index in [9.17, 15) is 4.79 Å². The number of ether oxygens (including phenoxy) is 1. The van der Waals surface area contributed by atoms with Crippen LogP contribution in [0.15, 0.2) is 17.1 Å². The first-order valence-electron chi connectivity index (χ1n) is 6.53. The molecule has 0 bridgehead atoms. The van der Waals surface area contributed by atoms with Crippen LogP contribution in [0.25, 0.3) is 0 Å². The highest BCUT2D eigenvalue weighted by Crippen LogP contribution is 2.29. The van der Waals surface area contributed by atoms with Crippen molar-refractivity contribution in [2.75, 3.05) is 7.11 Å². The van der Waals surface area contributed by atoms with Crippen molar-refractivity contribution in [2.24, 2.45) is 16.1 Å². The summed E-state index contributed by atoms with van der Waals surface area (Å²) in [6.07, 6.45) is 0. The Morgan fingerprint density at radius 3 is 2.19 bits per heavy atom. The Morgan fingerprint density at radius 1 is 1.24 bits per heavy atom. The summed E-state index contributed by atoms with van der Waals surface area (Å²) in [5.74, 6) is 0.433. The lowest BCUT2D eigenvalue weighted by atomic mass is 9.98. The van der Waals surface area contributed by atoms with Gasteiger partial charge in [-0.15, -0.1) is 0 Å². The smallest absolute Gasteiger partial charge is 0.323 e. The molecule has 5 nitrogen and oxygen atoms in total. The van der Waals surface area contributed by atoms with E-state index in [1.54, 1.807) is 27.9 Å². The molecule has 116 valence electrons. The molecule has 0 aromatic heterocycles. The molecule has 0 amide bonds. The largest absolute Gasteiger partial charge is 0.497 e. The minimum Gasteiger partial charge on any atom is -0.497 e. The number of carbonyl (C=O) groups is 1. The summed E-state index contributed by atoms with van der Waals surface area (Å²) >= 11 is 0.781. The number of nitrogens with zero attached hydrogens (tertiary/aromatic N) is 1. The fourth-order valence-corrected chi connectivity index (χ4v) is 2.08. The Kier molecular flexibility index (Phi) is 5.66. The third-order valence-corrected chi connectivity index (χ3v) is 3.23. The van der Waals surface area contributed by atoms with Crippen LogP contribution in [0.4, 0.5) is 5.69 Å². The average Bonchev–Trinajstić information content (AvgIpc) is 2.38. The van der Waals surface area contributed by atoms with E-state index in [-0.39, 0.29) is 11.1 Å². The molecule has 0 saturated heterocycles. The molecule has 0 unspecified atom stereocenters. The van der Waals surface area contributed by atoms with Crippen LogP contribution in [0, 0.1) is 19.3 Å². The number of rotatable bonds is 2. The Morgan fingerprint density at radius 2 is 1.76 bits per heavy atom. The van der Waals surface area contributed by atoms with Crippen molar-refractivity contribution in [3.8, 4) is 5.75 Å². The molecule has 0 atom stereocenters. The van der Waals surface area contributed by atoms with Crippen LogP contribution < -0.4 is 10.5 Å². The number of hydrogen-bond donors (Lipinski definition) is 1. The van der Waals surface area contributed by atoms with E-state index in [4.69, 9.17) is 14.7 Å². The molecule has 2 N–H and O–H groups in total. The second kappa shape index (κ2) is 6.85. The van der Waals surface area contributed by atoms with Crippen LogP contribution in [0.1, 0.15) is 31.9 Å². The molecule has 0 fully saturated rings. The van der Waals surface area contributed by atoms with Crippen molar-refractivity contribution in [3.63, 3.8) is 0 Å². The van der Waals surface area contributed by atoms with E-state index >= 15 is 0 Å². The molecule has 0 heterocycles. The monoisotopic (exact) mass is 310 g/mol. The molecule has 0 saturated carbocycles. The maximum Gasteiger partial charge on any atom is 0.323 e. The minimum absolute atomic E-state index is 0.184. The number of amidine groups is 1. The third-order valence-electron chi connectivity index (χ3n) is 2.74. The maximum atomic E-state index is 11.7. The van der Waals surface area contributed by atoms with Gasteiger partial charge < -0.3 is 14.7 Å². The summed E-state index contributed by atoms with van der Waals surface area (Å²) in [5.41, 5.74) is 7.88. The Hall–Kier alpha value is -1.69. The normalized spacial score (nSPS) is 12.2. The number of aliphatic imine (C=N–C) groups is 1. The summed E-state index contributed by atoms with van der Waals surface area (Å²) in [6.45, 7) is 9.18. The fourth-order valence-electron chi connectivity index (χ4n) is 1.54. The van der Waals surface area contributed by atoms with Gasteiger partial charge in [0.25, 0.3) is 0 Å². The van der Waals surface area contributed by atoms with E-state index in [0.29, 0.717) is 0 Å². The van der Waals surface area contributed by atoms with Crippen LogP contribution in [0.5, 0.6) is 5.75 Å². The molecule has 0 aliphatic rings. The summed E-state index contributed by atoms with van der Waals surface area (Å²) in [6, 6.07) is 3.76. The van der Waals surface area contributed by atoms with Crippen LogP contribution in [-0.4, -0.2) is 18.2 Å². The number of aryl methyl sites for hydroxylation is 2. The molecular formula is C15H22N2O3S. The highest BCUT2D eigenvalue weighted by atomic mass is 32.2.